The second-order valence-electron chi connectivity index (χ2n) is 11.2. The summed E-state index contributed by atoms with van der Waals surface area (Å²) < 4.78 is 6.44. The van der Waals surface area contributed by atoms with E-state index in [1.165, 1.54) is 0 Å². The van der Waals surface area contributed by atoms with Crippen molar-refractivity contribution >= 4 is 36.2 Å². The fourth-order valence-electron chi connectivity index (χ4n) is 8.44. The Bertz CT molecular complexity index is 949. The minimum atomic E-state index is -1.06. The number of carbonyl (C=O) groups is 3. The van der Waals surface area contributed by atoms with E-state index in [2.05, 4.69) is 32.5 Å². The van der Waals surface area contributed by atoms with Crippen LogP contribution in [0, 0.1) is 22.7 Å². The quantitative estimate of drug-likeness (QED) is 0.253. The summed E-state index contributed by atoms with van der Waals surface area (Å²) in [6.07, 6.45) is 5.88. The van der Waals surface area contributed by atoms with E-state index in [9.17, 15) is 24.6 Å². The third-order valence-electron chi connectivity index (χ3n) is 10.1. The number of rotatable bonds is 5. The predicted octanol–water partition coefficient (Wildman–Crippen LogP) is 0.622. The van der Waals surface area contributed by atoms with Crippen LogP contribution in [0.5, 0.6) is 0 Å². The molecule has 0 aromatic heterocycles. The molecule has 0 bridgehead atoms. The first-order valence-corrected chi connectivity index (χ1v) is 18.9. The summed E-state index contributed by atoms with van der Waals surface area (Å²) in [6, 6.07) is 0. The van der Waals surface area contributed by atoms with E-state index >= 15 is 0 Å². The Morgan fingerprint density at radius 3 is 2.66 bits per heavy atom. The number of alkyl halides is 1. The van der Waals surface area contributed by atoms with Crippen LogP contribution in [0.2, 0.25) is 0 Å². The van der Waals surface area contributed by atoms with E-state index in [1.807, 2.05) is 0 Å². The monoisotopic (exact) mass is 669 g/mol. The molecule has 5 aliphatic rings. The van der Waals surface area contributed by atoms with Crippen LogP contribution in [-0.4, -0.2) is 48.5 Å². The van der Waals surface area contributed by atoms with Gasteiger partial charge >= 0.3 is 210 Å². The van der Waals surface area contributed by atoms with E-state index in [-0.39, 0.29) is 51.2 Å². The summed E-state index contributed by atoms with van der Waals surface area (Å²) in [5.74, 6) is -0.686. The Balaban J connectivity index is 1.68. The van der Waals surface area contributed by atoms with Gasteiger partial charge in [0.2, 0.25) is 0 Å². The zero-order chi connectivity index (χ0) is 23.3. The molecule has 4 fully saturated rings. The molecule has 0 aromatic rings. The summed E-state index contributed by atoms with van der Waals surface area (Å²) in [4.78, 5) is 36.9. The van der Waals surface area contributed by atoms with Gasteiger partial charge in [0.15, 0.2) is 0 Å². The SMILES string of the molecule is CC(=O)[C@@H]1CC2=CC(=O)CC[C@]2(C)[C@@]23O[C@@H]2C[C@@]2(C)[C@@H](CC[C@@]2(O)CCC(=O)O)[C@]13[I-]I. The maximum atomic E-state index is 13.2. The number of hydrogen-bond acceptors (Lipinski definition) is 5. The van der Waals surface area contributed by atoms with Crippen LogP contribution >= 0.6 is 18.6 Å². The van der Waals surface area contributed by atoms with Gasteiger partial charge in [-0.15, -0.1) is 0 Å². The van der Waals surface area contributed by atoms with E-state index in [1.54, 1.807) is 13.0 Å². The van der Waals surface area contributed by atoms with Crippen molar-refractivity contribution in [3.8, 4) is 0 Å². The number of ketones is 2. The van der Waals surface area contributed by atoms with Crippen molar-refractivity contribution in [2.45, 2.75) is 92.9 Å². The number of epoxide rings is 1. The molecule has 3 saturated carbocycles. The fraction of sp³-hybridized carbons (Fsp3) is 0.792. The van der Waals surface area contributed by atoms with E-state index in [0.717, 1.165) is 18.4 Å². The Kier molecular flexibility index (Phi) is 5.34. The summed E-state index contributed by atoms with van der Waals surface area (Å²) >= 11 is 2.03. The van der Waals surface area contributed by atoms with Gasteiger partial charge in [0.25, 0.3) is 0 Å². The Labute approximate surface area is 208 Å². The van der Waals surface area contributed by atoms with Gasteiger partial charge in [0.1, 0.15) is 0 Å². The molecule has 0 aromatic carbocycles. The number of carboxylic acid groups (broad SMARTS) is 1. The van der Waals surface area contributed by atoms with Crippen LogP contribution in [-0.2, 0) is 19.1 Å². The summed E-state index contributed by atoms with van der Waals surface area (Å²) in [7, 11) is 0. The second kappa shape index (κ2) is 7.22. The number of fused-ring (bicyclic) bond motifs is 3. The molecule has 32 heavy (non-hydrogen) atoms. The molecular weight excluding hydrogens is 638 g/mol. The number of aliphatic carboxylic acids is 1. The molecule has 1 saturated heterocycles. The molecule has 1 heterocycles. The van der Waals surface area contributed by atoms with E-state index in [0.29, 0.717) is 25.7 Å². The van der Waals surface area contributed by atoms with Crippen molar-refractivity contribution in [3.05, 3.63) is 11.6 Å². The molecule has 2 N–H and O–H groups in total. The van der Waals surface area contributed by atoms with Gasteiger partial charge in [0.05, 0.1) is 0 Å². The Morgan fingerprint density at radius 1 is 1.31 bits per heavy atom. The van der Waals surface area contributed by atoms with Crippen molar-refractivity contribution in [3.63, 3.8) is 0 Å². The Morgan fingerprint density at radius 2 is 2.03 bits per heavy atom. The fourth-order valence-corrected chi connectivity index (χ4v) is 17.9. The van der Waals surface area contributed by atoms with Crippen LogP contribution in [0.1, 0.15) is 72.1 Å². The van der Waals surface area contributed by atoms with Gasteiger partial charge in [-0.05, 0) is 0 Å². The van der Waals surface area contributed by atoms with Gasteiger partial charge in [-0.25, -0.2) is 0 Å². The molecule has 1 aliphatic heterocycles. The molecule has 178 valence electrons. The zero-order valence-corrected chi connectivity index (χ0v) is 23.1. The maximum absolute atomic E-state index is 13.2. The summed E-state index contributed by atoms with van der Waals surface area (Å²) in [6.45, 7) is 6.06. The number of aliphatic hydroxyl groups is 1. The average molecular weight is 669 g/mol. The third-order valence-corrected chi connectivity index (χ3v) is 17.6. The van der Waals surface area contributed by atoms with Crippen LogP contribution < -0.4 is 17.2 Å². The molecule has 8 atom stereocenters. The van der Waals surface area contributed by atoms with Crippen molar-refractivity contribution < 1.29 is 46.6 Å². The van der Waals surface area contributed by atoms with Crippen LogP contribution in [0.15, 0.2) is 11.6 Å². The molecule has 0 unspecified atom stereocenters. The van der Waals surface area contributed by atoms with Crippen molar-refractivity contribution in [1.29, 1.82) is 0 Å². The number of hydrogen-bond donors (Lipinski definition) is 2. The zero-order valence-electron chi connectivity index (χ0n) is 18.7. The van der Waals surface area contributed by atoms with E-state index in [4.69, 9.17) is 4.74 Å². The normalized spacial score (nSPS) is 51.2. The van der Waals surface area contributed by atoms with Crippen molar-refractivity contribution in [2.24, 2.45) is 22.7 Å². The third kappa shape index (κ3) is 2.61. The number of carboxylic acids is 1. The van der Waals surface area contributed by atoms with Crippen LogP contribution in [0.3, 0.4) is 0 Å². The predicted molar refractivity (Wildman–Crippen MR) is 121 cm³/mol. The van der Waals surface area contributed by atoms with Crippen molar-refractivity contribution in [2.75, 3.05) is 0 Å². The van der Waals surface area contributed by atoms with E-state index < -0.39 is 39.8 Å². The van der Waals surface area contributed by atoms with Gasteiger partial charge in [0, 0.05) is 0 Å². The standard InChI is InChI=1S/C24H31I2O6/c1-13(27)16-11-14-10-15(28)4-7-20(14,2)24-18(32-24)12-21(3)17(23(16,24)26-25)5-8-22(21,31)9-6-19(29)30/h10,16-18,31H,4-9,11-12H2,1-3H3,(H,29,30)/q-1/t16-,17+,18+,20-,21-,22+,23+,24-/m0/s1. The first-order valence-electron chi connectivity index (χ1n) is 11.6. The number of carbonyl (C=O) groups excluding carboxylic acids is 2. The molecule has 0 amide bonds. The van der Waals surface area contributed by atoms with Gasteiger partial charge < -0.3 is 0 Å². The summed E-state index contributed by atoms with van der Waals surface area (Å²) in [5.41, 5.74) is -1.15. The van der Waals surface area contributed by atoms with Gasteiger partial charge in [-0.3, -0.25) is 0 Å². The first kappa shape index (κ1) is 23.7. The summed E-state index contributed by atoms with van der Waals surface area (Å²) in [5, 5.41) is 21.1. The number of Topliss-reactive ketones (excluding diaryl/α,β-unsaturated/α-hetero) is 1. The number of halogens is 2. The van der Waals surface area contributed by atoms with Crippen LogP contribution in [0.25, 0.3) is 0 Å². The average Bonchev–Trinajstić information content (AvgIpc) is 3.39. The van der Waals surface area contributed by atoms with Crippen molar-refractivity contribution in [1.82, 2.24) is 0 Å². The van der Waals surface area contributed by atoms with Crippen LogP contribution in [0.4, 0.5) is 0 Å². The molecule has 0 radical (unpaired) electrons. The van der Waals surface area contributed by atoms with Gasteiger partial charge in [-0.2, -0.15) is 0 Å². The second-order valence-corrected chi connectivity index (χ2v) is 16.1. The molecular formula is C24H31I2O6-. The first-order chi connectivity index (χ1) is 14.9. The minimum absolute atomic E-state index is 0.0510. The molecule has 8 heteroatoms. The molecule has 1 spiro atoms. The van der Waals surface area contributed by atoms with Gasteiger partial charge in [-0.1, -0.05) is 0 Å². The molecule has 5 rings (SSSR count). The number of ether oxygens (including phenoxy) is 1. The molecule has 6 nitrogen and oxygen atoms in total. The molecule has 4 aliphatic carbocycles. The topological polar surface area (TPSA) is 104 Å². The Hall–Kier alpha value is -0.0700.